The minimum atomic E-state index is -1.32. The molecule has 64 heavy (non-hydrogen) atoms. The first-order valence-electron chi connectivity index (χ1n) is 25.2. The lowest BCUT2D eigenvalue weighted by Gasteiger charge is -2.19. The predicted octanol–water partition coefficient (Wildman–Crippen LogP) is 11.5. The van der Waals surface area contributed by atoms with E-state index in [0.29, 0.717) is 24.3 Å². The third-order valence-electron chi connectivity index (χ3n) is 11.6. The highest BCUT2D eigenvalue weighted by Gasteiger charge is 2.22. The van der Waals surface area contributed by atoms with Gasteiger partial charge in [-0.25, -0.2) is 4.79 Å². The van der Waals surface area contributed by atoms with Gasteiger partial charge < -0.3 is 30.9 Å². The summed E-state index contributed by atoms with van der Waals surface area (Å²) in [6.07, 6.45) is 32.7. The fourth-order valence-corrected chi connectivity index (χ4v) is 8.47. The van der Waals surface area contributed by atoms with Gasteiger partial charge in [-0.2, -0.15) is 11.8 Å². The minimum Gasteiger partial charge on any atom is -0.481 e. The van der Waals surface area contributed by atoms with Crippen LogP contribution in [0.1, 0.15) is 229 Å². The van der Waals surface area contributed by atoms with E-state index in [0.717, 1.165) is 44.1 Å². The van der Waals surface area contributed by atoms with E-state index in [9.17, 15) is 33.9 Å². The van der Waals surface area contributed by atoms with Gasteiger partial charge in [-0.05, 0) is 37.0 Å². The smallest absolute Gasteiger partial charge is 0.326 e. The number of hydrogen-bond acceptors (Lipinski definition) is 8. The quantitative estimate of drug-likeness (QED) is 0.0311. The maximum absolute atomic E-state index is 13.0. The van der Waals surface area contributed by atoms with Gasteiger partial charge in [0, 0.05) is 49.3 Å². The number of ether oxygens (including phenoxy) is 1. The molecule has 0 heterocycles. The molecule has 0 aliphatic carbocycles. The van der Waals surface area contributed by atoms with Gasteiger partial charge in [0.15, 0.2) is 0 Å². The summed E-state index contributed by atoms with van der Waals surface area (Å²) in [4.78, 5) is 73.1. The lowest BCUT2D eigenvalue weighted by atomic mass is 10.0. The number of hydrogen-bond donors (Lipinski definition) is 5. The van der Waals surface area contributed by atoms with E-state index in [1.54, 1.807) is 12.1 Å². The van der Waals surface area contributed by atoms with Crippen molar-refractivity contribution in [3.05, 3.63) is 35.4 Å². The molecule has 2 atom stereocenters. The molecule has 1 aromatic rings. The molecule has 13 heteroatoms. The topological polar surface area (TPSA) is 188 Å². The summed E-state index contributed by atoms with van der Waals surface area (Å²) in [7, 11) is 0. The van der Waals surface area contributed by atoms with Crippen molar-refractivity contribution in [3.63, 3.8) is 0 Å². The highest BCUT2D eigenvalue weighted by molar-refractivity contribution is 7.99. The van der Waals surface area contributed by atoms with Crippen LogP contribution in [0.25, 0.3) is 0 Å². The van der Waals surface area contributed by atoms with Crippen LogP contribution in [-0.4, -0.2) is 76.0 Å². The molecule has 0 aliphatic heterocycles. The number of carboxylic acids is 2. The van der Waals surface area contributed by atoms with Gasteiger partial charge in [-0.15, -0.1) is 0 Å². The van der Waals surface area contributed by atoms with Crippen molar-refractivity contribution in [2.45, 2.75) is 232 Å². The largest absolute Gasteiger partial charge is 0.481 e. The molecule has 0 spiro atoms. The molecule has 0 saturated heterocycles. The second-order valence-electron chi connectivity index (χ2n) is 17.5. The van der Waals surface area contributed by atoms with E-state index in [1.807, 2.05) is 0 Å². The van der Waals surface area contributed by atoms with Gasteiger partial charge in [0.2, 0.25) is 11.8 Å². The summed E-state index contributed by atoms with van der Waals surface area (Å²) in [5.41, 5.74) is 0.953. The number of esters is 1. The molecule has 1 aromatic carbocycles. The minimum absolute atomic E-state index is 0.0395. The summed E-state index contributed by atoms with van der Waals surface area (Å²) in [5, 5.41) is 26.5. The van der Waals surface area contributed by atoms with E-state index in [-0.39, 0.29) is 61.8 Å². The number of unbranched alkanes of at least 4 members (excludes halogenated alkanes) is 24. The standard InChI is InChI=1S/C51H87N3O9S/c1-3-5-7-9-11-13-15-17-19-21-23-25-27-29-47(56)53-44(40-63-49(59)30-28-26-24-22-20-18-16-14-12-10-8-6-4-2)41-64-38-37-46(55)52-39-42-31-33-43(34-32-42)50(60)54-45(51(61)62)35-36-48(57)58/h31-34,44-45H,3-30,35-41H2,1-2H3,(H,52,55)(H,53,56)(H,54,60)(H,57,58)(H,61,62)/t44?,45-/m0/s1. The van der Waals surface area contributed by atoms with Crippen LogP contribution in [0.15, 0.2) is 24.3 Å². The molecule has 0 saturated carbocycles. The highest BCUT2D eigenvalue weighted by Crippen LogP contribution is 2.16. The molecule has 0 radical (unpaired) electrons. The molecule has 12 nitrogen and oxygen atoms in total. The number of carboxylic acid groups (broad SMARTS) is 2. The predicted molar refractivity (Wildman–Crippen MR) is 260 cm³/mol. The average molecular weight is 918 g/mol. The maximum Gasteiger partial charge on any atom is 0.326 e. The summed E-state index contributed by atoms with van der Waals surface area (Å²) in [6, 6.07) is 4.67. The zero-order chi connectivity index (χ0) is 46.9. The number of nitrogens with one attached hydrogen (secondary N) is 3. The first kappa shape index (κ1) is 58.4. The molecular formula is C51H87N3O9S. The summed E-state index contributed by atoms with van der Waals surface area (Å²) >= 11 is 1.52. The van der Waals surface area contributed by atoms with Crippen LogP contribution in [0.4, 0.5) is 0 Å². The number of amides is 3. The fraction of sp³-hybridized carbons (Fsp3) is 0.765. The Hall–Kier alpha value is -3.61. The summed E-state index contributed by atoms with van der Waals surface area (Å²) < 4.78 is 5.65. The van der Waals surface area contributed by atoms with Gasteiger partial charge in [0.05, 0.1) is 6.04 Å². The Bertz CT molecular complexity index is 1390. The van der Waals surface area contributed by atoms with Crippen molar-refractivity contribution >= 4 is 47.4 Å². The molecule has 3 amide bonds. The van der Waals surface area contributed by atoms with Gasteiger partial charge in [-0.3, -0.25) is 24.0 Å². The Labute approximate surface area is 390 Å². The summed E-state index contributed by atoms with van der Waals surface area (Å²) in [6.45, 7) is 4.84. The average Bonchev–Trinajstić information content (AvgIpc) is 3.27. The van der Waals surface area contributed by atoms with E-state index in [4.69, 9.17) is 9.84 Å². The normalized spacial score (nSPS) is 12.0. The third kappa shape index (κ3) is 34.8. The number of carbonyl (C=O) groups is 6. The molecular weight excluding hydrogens is 831 g/mol. The Balaban J connectivity index is 2.46. The van der Waals surface area contributed by atoms with Crippen LogP contribution in [0, 0.1) is 0 Å². The molecule has 5 N–H and O–H groups in total. The number of carbonyl (C=O) groups excluding carboxylic acids is 4. The van der Waals surface area contributed by atoms with Crippen molar-refractivity contribution in [3.8, 4) is 0 Å². The first-order chi connectivity index (χ1) is 31.0. The fourth-order valence-electron chi connectivity index (χ4n) is 7.51. The zero-order valence-electron chi connectivity index (χ0n) is 39.9. The van der Waals surface area contributed by atoms with Gasteiger partial charge in [0.1, 0.15) is 12.6 Å². The van der Waals surface area contributed by atoms with Gasteiger partial charge >= 0.3 is 17.9 Å². The van der Waals surface area contributed by atoms with Crippen molar-refractivity contribution in [2.24, 2.45) is 0 Å². The molecule has 0 aromatic heterocycles. The Morgan fingerprint density at radius 2 is 1.03 bits per heavy atom. The summed E-state index contributed by atoms with van der Waals surface area (Å²) in [5.74, 6) is -2.53. The molecule has 366 valence electrons. The van der Waals surface area contributed by atoms with Gasteiger partial charge in [-0.1, -0.05) is 180 Å². The molecule has 0 aliphatic rings. The first-order valence-corrected chi connectivity index (χ1v) is 26.3. The van der Waals surface area contributed by atoms with Crippen LogP contribution in [0.2, 0.25) is 0 Å². The van der Waals surface area contributed by atoms with Crippen molar-refractivity contribution in [1.29, 1.82) is 0 Å². The zero-order valence-corrected chi connectivity index (χ0v) is 40.7. The lowest BCUT2D eigenvalue weighted by Crippen LogP contribution is -2.41. The number of benzene rings is 1. The monoisotopic (exact) mass is 918 g/mol. The molecule has 0 fully saturated rings. The van der Waals surface area contributed by atoms with Crippen LogP contribution in [-0.2, 0) is 35.3 Å². The maximum atomic E-state index is 13.0. The van der Waals surface area contributed by atoms with Crippen molar-refractivity contribution in [2.75, 3.05) is 18.1 Å². The number of aliphatic carboxylic acids is 2. The van der Waals surface area contributed by atoms with Crippen LogP contribution in [0.3, 0.4) is 0 Å². The molecule has 1 rings (SSSR count). The van der Waals surface area contributed by atoms with Crippen LogP contribution in [0.5, 0.6) is 0 Å². The molecule has 1 unspecified atom stereocenters. The van der Waals surface area contributed by atoms with Crippen LogP contribution < -0.4 is 16.0 Å². The van der Waals surface area contributed by atoms with Crippen molar-refractivity contribution < 1.29 is 43.7 Å². The van der Waals surface area contributed by atoms with E-state index in [1.165, 1.54) is 152 Å². The lowest BCUT2D eigenvalue weighted by molar-refractivity contribution is -0.145. The second-order valence-corrected chi connectivity index (χ2v) is 18.7. The number of thioether (sulfide) groups is 1. The highest BCUT2D eigenvalue weighted by atomic mass is 32.2. The van der Waals surface area contributed by atoms with Crippen molar-refractivity contribution in [1.82, 2.24) is 16.0 Å². The second kappa shape index (κ2) is 40.9. The Morgan fingerprint density at radius 3 is 1.50 bits per heavy atom. The van der Waals surface area contributed by atoms with E-state index < -0.39 is 23.9 Å². The Kier molecular flexibility index (Phi) is 37.3. The number of rotatable bonds is 44. The Morgan fingerprint density at radius 1 is 0.562 bits per heavy atom. The van der Waals surface area contributed by atoms with Crippen LogP contribution >= 0.6 is 11.8 Å². The van der Waals surface area contributed by atoms with E-state index >= 15 is 0 Å². The third-order valence-corrected chi connectivity index (χ3v) is 12.7. The van der Waals surface area contributed by atoms with Gasteiger partial charge in [0.25, 0.3) is 5.91 Å². The van der Waals surface area contributed by atoms with E-state index in [2.05, 4.69) is 29.8 Å². The SMILES string of the molecule is CCCCCCCCCCCCCCCC(=O)NC(COC(=O)CCCCCCCCCCCCCCC)CSCCC(=O)NCc1ccc(C(=O)N[C@@H](CCC(=O)O)C(=O)O)cc1. The molecule has 0 bridgehead atoms.